The minimum atomic E-state index is -2.94. The second-order valence-corrected chi connectivity index (χ2v) is 3.48. The molecule has 6 heteroatoms. The van der Waals surface area contributed by atoms with Crippen LogP contribution in [0.5, 0.6) is 5.75 Å². The highest BCUT2D eigenvalue weighted by Crippen LogP contribution is 2.19. The Morgan fingerprint density at radius 3 is 2.72 bits per heavy atom. The number of carbonyl (C=O) groups excluding carboxylic acids is 1. The fourth-order valence-corrected chi connectivity index (χ4v) is 1.39. The van der Waals surface area contributed by atoms with Crippen LogP contribution in [0.1, 0.15) is 17.3 Å². The highest BCUT2D eigenvalue weighted by atomic mass is 19.3. The van der Waals surface area contributed by atoms with Crippen molar-refractivity contribution in [3.05, 3.63) is 29.8 Å². The molecule has 0 fully saturated rings. The summed E-state index contributed by atoms with van der Waals surface area (Å²) in [4.78, 5) is 11.7. The van der Waals surface area contributed by atoms with Crippen molar-refractivity contribution in [1.29, 1.82) is 0 Å². The summed E-state index contributed by atoms with van der Waals surface area (Å²) in [5.74, 6) is -0.544. The fraction of sp³-hybridized carbons (Fsp3) is 0.417. The maximum atomic E-state index is 12.2. The zero-order valence-corrected chi connectivity index (χ0v) is 10.1. The normalized spacial score (nSPS) is 10.4. The van der Waals surface area contributed by atoms with Crippen molar-refractivity contribution in [2.45, 2.75) is 13.5 Å². The van der Waals surface area contributed by atoms with Gasteiger partial charge in [0.2, 0.25) is 0 Å². The molecule has 0 aliphatic heterocycles. The van der Waals surface area contributed by atoms with Crippen molar-refractivity contribution < 1.29 is 18.3 Å². The molecule has 100 valence electrons. The number of nitrogens with one attached hydrogen (secondary N) is 2. The number of halogens is 2. The molecule has 0 aliphatic carbocycles. The van der Waals surface area contributed by atoms with Gasteiger partial charge in [0, 0.05) is 13.1 Å². The fourth-order valence-electron chi connectivity index (χ4n) is 1.39. The first-order chi connectivity index (χ1) is 8.65. The van der Waals surface area contributed by atoms with Crippen LogP contribution >= 0.6 is 0 Å². The van der Waals surface area contributed by atoms with Crippen molar-refractivity contribution in [3.63, 3.8) is 0 Å². The number of hydrogen-bond donors (Lipinski definition) is 2. The standard InChI is InChI=1S/C12H16F2N2O2/c1-2-15-7-8-16-11(17)9-5-3-4-6-10(9)18-12(13)14/h3-6,12,15H,2,7-8H2,1H3,(H,16,17). The summed E-state index contributed by atoms with van der Waals surface area (Å²) in [6.45, 7) is 0.866. The molecule has 0 heterocycles. The average Bonchev–Trinajstić information content (AvgIpc) is 2.34. The number of ether oxygens (including phenoxy) is 1. The summed E-state index contributed by atoms with van der Waals surface area (Å²) in [7, 11) is 0. The summed E-state index contributed by atoms with van der Waals surface area (Å²) in [6.07, 6.45) is 0. The third kappa shape index (κ3) is 4.67. The summed E-state index contributed by atoms with van der Waals surface area (Å²) < 4.78 is 28.6. The van der Waals surface area contributed by atoms with E-state index in [4.69, 9.17) is 0 Å². The molecule has 1 rings (SSSR count). The molecule has 1 aromatic carbocycles. The number of amides is 1. The molecule has 2 N–H and O–H groups in total. The first-order valence-electron chi connectivity index (χ1n) is 5.68. The lowest BCUT2D eigenvalue weighted by Gasteiger charge is -2.10. The number of hydrogen-bond acceptors (Lipinski definition) is 3. The number of carbonyl (C=O) groups is 1. The van der Waals surface area contributed by atoms with Crippen LogP contribution in [-0.2, 0) is 0 Å². The average molecular weight is 258 g/mol. The van der Waals surface area contributed by atoms with Crippen LogP contribution in [0.4, 0.5) is 8.78 Å². The Bertz CT molecular complexity index is 386. The second-order valence-electron chi connectivity index (χ2n) is 3.48. The summed E-state index contributed by atoms with van der Waals surface area (Å²) in [6, 6.07) is 5.91. The number of para-hydroxylation sites is 1. The van der Waals surface area contributed by atoms with Crippen molar-refractivity contribution in [3.8, 4) is 5.75 Å². The van der Waals surface area contributed by atoms with Crippen molar-refractivity contribution in [1.82, 2.24) is 10.6 Å². The Morgan fingerprint density at radius 1 is 1.33 bits per heavy atom. The van der Waals surface area contributed by atoms with Crippen LogP contribution in [0.25, 0.3) is 0 Å². The van der Waals surface area contributed by atoms with Crippen LogP contribution in [0.2, 0.25) is 0 Å². The molecule has 0 atom stereocenters. The number of alkyl halides is 2. The largest absolute Gasteiger partial charge is 0.434 e. The number of likely N-dealkylation sites (N-methyl/N-ethyl adjacent to an activating group) is 1. The van der Waals surface area contributed by atoms with Gasteiger partial charge in [-0.2, -0.15) is 8.78 Å². The lowest BCUT2D eigenvalue weighted by Crippen LogP contribution is -2.32. The second kappa shape index (κ2) is 7.60. The van der Waals surface area contributed by atoms with Crippen molar-refractivity contribution >= 4 is 5.91 Å². The van der Waals surface area contributed by atoms with Gasteiger partial charge in [-0.15, -0.1) is 0 Å². The molecule has 0 bridgehead atoms. The number of benzene rings is 1. The molecular formula is C12H16F2N2O2. The first-order valence-corrected chi connectivity index (χ1v) is 5.68. The molecule has 0 aromatic heterocycles. The van der Waals surface area contributed by atoms with E-state index < -0.39 is 12.5 Å². The Balaban J connectivity index is 2.61. The molecule has 0 saturated carbocycles. The maximum absolute atomic E-state index is 12.2. The summed E-state index contributed by atoms with van der Waals surface area (Å²) in [5.41, 5.74) is 0.106. The highest BCUT2D eigenvalue weighted by molar-refractivity contribution is 5.96. The van der Waals surface area contributed by atoms with Crippen molar-refractivity contribution in [2.24, 2.45) is 0 Å². The van der Waals surface area contributed by atoms with Gasteiger partial charge in [-0.1, -0.05) is 19.1 Å². The van der Waals surface area contributed by atoms with Crippen LogP contribution in [0, 0.1) is 0 Å². The molecule has 0 spiro atoms. The van der Waals surface area contributed by atoms with Gasteiger partial charge >= 0.3 is 6.61 Å². The molecule has 0 radical (unpaired) electrons. The molecule has 1 amide bonds. The summed E-state index contributed by atoms with van der Waals surface area (Å²) in [5, 5.41) is 5.66. The van der Waals surface area contributed by atoms with Gasteiger partial charge < -0.3 is 15.4 Å². The first kappa shape index (κ1) is 14.4. The Kier molecular flexibility index (Phi) is 6.07. The topological polar surface area (TPSA) is 50.4 Å². The van der Waals surface area contributed by atoms with Gasteiger partial charge in [-0.25, -0.2) is 0 Å². The van der Waals surface area contributed by atoms with E-state index in [1.54, 1.807) is 6.07 Å². The van der Waals surface area contributed by atoms with E-state index in [9.17, 15) is 13.6 Å². The minimum absolute atomic E-state index is 0.106. The molecule has 4 nitrogen and oxygen atoms in total. The van der Waals surface area contributed by atoms with Gasteiger partial charge in [0.25, 0.3) is 5.91 Å². The van der Waals surface area contributed by atoms with E-state index in [2.05, 4.69) is 15.4 Å². The Labute approximate surface area is 104 Å². The van der Waals surface area contributed by atoms with Gasteiger partial charge in [-0.3, -0.25) is 4.79 Å². The predicted molar refractivity (Wildman–Crippen MR) is 64.0 cm³/mol. The zero-order chi connectivity index (χ0) is 13.4. The van der Waals surface area contributed by atoms with E-state index in [1.807, 2.05) is 6.92 Å². The quantitative estimate of drug-likeness (QED) is 0.731. The van der Waals surface area contributed by atoms with Gasteiger partial charge in [0.15, 0.2) is 0 Å². The monoisotopic (exact) mass is 258 g/mol. The minimum Gasteiger partial charge on any atom is -0.434 e. The van der Waals surface area contributed by atoms with E-state index in [-0.39, 0.29) is 11.3 Å². The van der Waals surface area contributed by atoms with E-state index in [0.29, 0.717) is 13.1 Å². The van der Waals surface area contributed by atoms with Crippen LogP contribution in [-0.4, -0.2) is 32.2 Å². The van der Waals surface area contributed by atoms with Gasteiger partial charge in [0.05, 0.1) is 5.56 Å². The Hall–Kier alpha value is -1.69. The molecule has 1 aromatic rings. The van der Waals surface area contributed by atoms with Crippen LogP contribution in [0.3, 0.4) is 0 Å². The van der Waals surface area contributed by atoms with E-state index in [0.717, 1.165) is 6.54 Å². The third-order valence-corrected chi connectivity index (χ3v) is 2.19. The molecule has 18 heavy (non-hydrogen) atoms. The highest BCUT2D eigenvalue weighted by Gasteiger charge is 2.14. The van der Waals surface area contributed by atoms with Crippen molar-refractivity contribution in [2.75, 3.05) is 19.6 Å². The summed E-state index contributed by atoms with van der Waals surface area (Å²) >= 11 is 0. The lowest BCUT2D eigenvalue weighted by atomic mass is 10.2. The maximum Gasteiger partial charge on any atom is 0.387 e. The van der Waals surface area contributed by atoms with Gasteiger partial charge in [0.1, 0.15) is 5.75 Å². The number of rotatable bonds is 7. The smallest absolute Gasteiger partial charge is 0.387 e. The predicted octanol–water partition coefficient (Wildman–Crippen LogP) is 1.63. The van der Waals surface area contributed by atoms with Crippen LogP contribution in [0.15, 0.2) is 24.3 Å². The lowest BCUT2D eigenvalue weighted by molar-refractivity contribution is -0.0501. The van der Waals surface area contributed by atoms with Gasteiger partial charge in [-0.05, 0) is 18.7 Å². The van der Waals surface area contributed by atoms with E-state index in [1.165, 1.54) is 18.2 Å². The SMILES string of the molecule is CCNCCNC(=O)c1ccccc1OC(F)F. The third-order valence-electron chi connectivity index (χ3n) is 2.19. The molecule has 0 aliphatic rings. The molecule has 0 saturated heterocycles. The van der Waals surface area contributed by atoms with E-state index >= 15 is 0 Å². The molecular weight excluding hydrogens is 242 g/mol. The Morgan fingerprint density at radius 2 is 2.06 bits per heavy atom. The zero-order valence-electron chi connectivity index (χ0n) is 10.1. The molecule has 0 unspecified atom stereocenters. The van der Waals surface area contributed by atoms with Crippen LogP contribution < -0.4 is 15.4 Å².